The molecule has 1 rings (SSSR count). The molecule has 0 aliphatic carbocycles. The van der Waals surface area contributed by atoms with E-state index in [4.69, 9.17) is 63.9 Å². The molecule has 0 saturated carbocycles. The number of hydrogen-bond acceptors (Lipinski definition) is 10. The lowest BCUT2D eigenvalue weighted by Crippen LogP contribution is -2.67. The van der Waals surface area contributed by atoms with Gasteiger partial charge in [0.2, 0.25) is 18.1 Å². The highest BCUT2D eigenvalue weighted by molar-refractivity contribution is 6.76. The van der Waals surface area contributed by atoms with Crippen LogP contribution >= 0.6 is 34.8 Å². The lowest BCUT2D eigenvalue weighted by molar-refractivity contribution is -0.260. The Labute approximate surface area is 187 Å². The predicted molar refractivity (Wildman–Crippen MR) is 103 cm³/mol. The number of hydrogen-bond donors (Lipinski definition) is 2. The van der Waals surface area contributed by atoms with Gasteiger partial charge >= 0.3 is 17.9 Å². The average molecular weight is 492 g/mol. The molecule has 1 aliphatic heterocycles. The maximum atomic E-state index is 11.7. The Morgan fingerprint density at radius 2 is 1.47 bits per heavy atom. The van der Waals surface area contributed by atoms with Gasteiger partial charge < -0.3 is 29.0 Å². The fraction of sp³-hybridized carbons (Fsp3) is 0.688. The lowest BCUT2D eigenvalue weighted by Gasteiger charge is -2.44. The minimum Gasteiger partial charge on any atom is -0.463 e. The Morgan fingerprint density at radius 1 is 0.933 bits per heavy atom. The number of esters is 3. The van der Waals surface area contributed by atoms with E-state index >= 15 is 0 Å². The monoisotopic (exact) mass is 490 g/mol. The third-order valence-corrected chi connectivity index (χ3v) is 4.08. The topological polar surface area (TPSA) is 150 Å². The molecular formula is C16H21Cl3N2O9. The van der Waals surface area contributed by atoms with Gasteiger partial charge in [0.15, 0.2) is 12.2 Å². The van der Waals surface area contributed by atoms with Crippen LogP contribution < -0.4 is 5.32 Å². The first-order valence-corrected chi connectivity index (χ1v) is 9.58. The van der Waals surface area contributed by atoms with Gasteiger partial charge in [0.05, 0.1) is 0 Å². The second-order valence-corrected chi connectivity index (χ2v) is 8.45. The molecule has 2 N–H and O–H groups in total. The zero-order valence-electron chi connectivity index (χ0n) is 16.4. The van der Waals surface area contributed by atoms with Gasteiger partial charge in [-0.25, -0.2) is 0 Å². The lowest BCUT2D eigenvalue weighted by atomic mass is 9.96. The number of rotatable bonds is 6. The highest BCUT2D eigenvalue weighted by Crippen LogP contribution is 2.32. The summed E-state index contributed by atoms with van der Waals surface area (Å²) in [7, 11) is 0. The number of ether oxygens (including phenoxy) is 5. The summed E-state index contributed by atoms with van der Waals surface area (Å²) >= 11 is 16.9. The number of amides is 1. The van der Waals surface area contributed by atoms with Crippen molar-refractivity contribution in [2.75, 3.05) is 6.61 Å². The van der Waals surface area contributed by atoms with E-state index < -0.39 is 70.8 Å². The zero-order chi connectivity index (χ0) is 23.2. The van der Waals surface area contributed by atoms with Crippen LogP contribution in [0.1, 0.15) is 27.7 Å². The van der Waals surface area contributed by atoms with Gasteiger partial charge in [0, 0.05) is 27.7 Å². The standard InChI is InChI=1S/C16H21Cl3N2O9/c1-6(22)21-11-13(28-9(4)25)12(27-8(3)24)10(5-26-7(2)23)29-14(11)30-15(20)16(17,18)19/h10-14,20H,5H2,1-4H3,(H,21,22)/t10-,11+,12-,13-,14-/m1/s1. The number of alkyl halides is 3. The fourth-order valence-corrected chi connectivity index (χ4v) is 2.71. The molecule has 1 amide bonds. The molecule has 1 aliphatic rings. The third kappa shape index (κ3) is 8.13. The molecule has 0 aromatic heterocycles. The molecular weight excluding hydrogens is 471 g/mol. The Hall–Kier alpha value is -1.82. The molecule has 170 valence electrons. The van der Waals surface area contributed by atoms with Crippen molar-refractivity contribution in [3.05, 3.63) is 0 Å². The summed E-state index contributed by atoms with van der Waals surface area (Å²) in [6, 6.07) is -1.28. The van der Waals surface area contributed by atoms with Crippen molar-refractivity contribution in [2.45, 2.75) is 62.1 Å². The SMILES string of the molecule is CC(=O)N[C@@H]1[C@@H](OC(=N)C(Cl)(Cl)Cl)O[C@H](COC(C)=O)[C@@H](OC(C)=O)[C@@H]1OC(C)=O. The quantitative estimate of drug-likeness (QED) is 0.182. The van der Waals surface area contributed by atoms with E-state index in [2.05, 4.69) is 5.32 Å². The molecule has 11 nitrogen and oxygen atoms in total. The molecule has 0 unspecified atom stereocenters. The van der Waals surface area contributed by atoms with Crippen molar-refractivity contribution in [1.82, 2.24) is 5.32 Å². The summed E-state index contributed by atoms with van der Waals surface area (Å²) < 4.78 is 24.0. The predicted octanol–water partition coefficient (Wildman–Crippen LogP) is 1.01. The summed E-state index contributed by atoms with van der Waals surface area (Å²) in [6.45, 7) is 4.06. The van der Waals surface area contributed by atoms with Crippen LogP contribution in [-0.4, -0.2) is 70.8 Å². The second-order valence-electron chi connectivity index (χ2n) is 6.16. The van der Waals surface area contributed by atoms with Gasteiger partial charge in [-0.05, 0) is 0 Å². The molecule has 1 saturated heterocycles. The van der Waals surface area contributed by atoms with Gasteiger partial charge in [0.1, 0.15) is 18.8 Å². The van der Waals surface area contributed by atoms with Gasteiger partial charge in [0.25, 0.3) is 3.79 Å². The van der Waals surface area contributed by atoms with Gasteiger partial charge in [-0.3, -0.25) is 24.6 Å². The van der Waals surface area contributed by atoms with E-state index in [1.54, 1.807) is 0 Å². The minimum absolute atomic E-state index is 0.432. The molecule has 5 atom stereocenters. The van der Waals surface area contributed by atoms with E-state index in [0.29, 0.717) is 0 Å². The molecule has 1 heterocycles. The number of carbonyl (C=O) groups is 4. The van der Waals surface area contributed by atoms with Crippen LogP contribution in [0, 0.1) is 5.41 Å². The molecule has 14 heteroatoms. The Morgan fingerprint density at radius 3 is 1.90 bits per heavy atom. The summed E-state index contributed by atoms with van der Waals surface area (Å²) in [4.78, 5) is 46.3. The van der Waals surface area contributed by atoms with E-state index in [0.717, 1.165) is 27.7 Å². The van der Waals surface area contributed by atoms with Crippen LogP contribution in [0.25, 0.3) is 0 Å². The molecule has 0 radical (unpaired) electrons. The van der Waals surface area contributed by atoms with Crippen LogP contribution in [0.4, 0.5) is 0 Å². The van der Waals surface area contributed by atoms with Gasteiger partial charge in [-0.2, -0.15) is 0 Å². The number of carbonyl (C=O) groups excluding carboxylic acids is 4. The van der Waals surface area contributed by atoms with Crippen LogP contribution in [0.5, 0.6) is 0 Å². The largest absolute Gasteiger partial charge is 0.463 e. The van der Waals surface area contributed by atoms with Crippen LogP contribution in [0.3, 0.4) is 0 Å². The molecule has 1 fully saturated rings. The Balaban J connectivity index is 3.37. The maximum absolute atomic E-state index is 11.7. The average Bonchev–Trinajstić information content (AvgIpc) is 2.56. The number of nitrogens with one attached hydrogen (secondary N) is 2. The van der Waals surface area contributed by atoms with Gasteiger partial charge in [-0.1, -0.05) is 34.8 Å². The Kier molecular flexibility index (Phi) is 9.60. The highest BCUT2D eigenvalue weighted by atomic mass is 35.6. The summed E-state index contributed by atoms with van der Waals surface area (Å²) in [5, 5.41) is 10.2. The van der Waals surface area contributed by atoms with Gasteiger partial charge in [-0.15, -0.1) is 0 Å². The normalized spacial score (nSPS) is 26.2. The van der Waals surface area contributed by atoms with Crippen LogP contribution in [-0.2, 0) is 42.9 Å². The first-order chi connectivity index (χ1) is 13.7. The zero-order valence-corrected chi connectivity index (χ0v) is 18.7. The second kappa shape index (κ2) is 11.0. The van der Waals surface area contributed by atoms with Crippen molar-refractivity contribution in [1.29, 1.82) is 5.41 Å². The van der Waals surface area contributed by atoms with Crippen molar-refractivity contribution in [3.63, 3.8) is 0 Å². The first-order valence-electron chi connectivity index (χ1n) is 8.45. The third-order valence-electron chi connectivity index (χ3n) is 3.56. The summed E-state index contributed by atoms with van der Waals surface area (Å²) in [5.41, 5.74) is 0. The molecule has 0 bridgehead atoms. The highest BCUT2D eigenvalue weighted by Gasteiger charge is 2.52. The molecule has 30 heavy (non-hydrogen) atoms. The molecule has 0 aromatic rings. The van der Waals surface area contributed by atoms with E-state index in [1.807, 2.05) is 0 Å². The summed E-state index contributed by atoms with van der Waals surface area (Å²) in [5.74, 6) is -3.65. The molecule has 0 aromatic carbocycles. The van der Waals surface area contributed by atoms with E-state index in [-0.39, 0.29) is 0 Å². The molecule has 0 spiro atoms. The van der Waals surface area contributed by atoms with Crippen LogP contribution in [0.15, 0.2) is 0 Å². The van der Waals surface area contributed by atoms with Crippen molar-refractivity contribution < 1.29 is 42.9 Å². The smallest absolute Gasteiger partial charge is 0.303 e. The van der Waals surface area contributed by atoms with Crippen molar-refractivity contribution in [2.24, 2.45) is 0 Å². The van der Waals surface area contributed by atoms with Crippen LogP contribution in [0.2, 0.25) is 0 Å². The Bertz CT molecular complexity index is 698. The first kappa shape index (κ1) is 26.2. The van der Waals surface area contributed by atoms with E-state index in [1.165, 1.54) is 0 Å². The van der Waals surface area contributed by atoms with E-state index in [9.17, 15) is 19.2 Å². The number of halogens is 3. The maximum Gasteiger partial charge on any atom is 0.303 e. The van der Waals surface area contributed by atoms with Crippen molar-refractivity contribution in [3.8, 4) is 0 Å². The van der Waals surface area contributed by atoms with Crippen molar-refractivity contribution >= 4 is 64.5 Å². The fourth-order valence-electron chi connectivity index (χ4n) is 2.57. The minimum atomic E-state index is -2.26. The summed E-state index contributed by atoms with van der Waals surface area (Å²) in [6.07, 6.45) is -5.39.